The number of hydrogen-bond acceptors (Lipinski definition) is 3. The number of rotatable bonds is 4. The van der Waals surface area contributed by atoms with Crippen LogP contribution in [0.25, 0.3) is 0 Å². The maximum absolute atomic E-state index is 5.87. The molecule has 3 heteroatoms. The largest absolute Gasteiger partial charge is 0.381 e. The van der Waals surface area contributed by atoms with Gasteiger partial charge >= 0.3 is 0 Å². The van der Waals surface area contributed by atoms with Crippen molar-refractivity contribution >= 4 is 0 Å². The molecule has 3 unspecified atom stereocenters. The van der Waals surface area contributed by atoms with Crippen LogP contribution in [-0.4, -0.2) is 43.8 Å². The highest BCUT2D eigenvalue weighted by Gasteiger charge is 2.20. The van der Waals surface area contributed by atoms with Crippen molar-refractivity contribution in [3.05, 3.63) is 0 Å². The number of likely N-dealkylation sites (N-methyl/N-ethyl adjacent to an activating group) is 1. The molecule has 0 aromatic carbocycles. The van der Waals surface area contributed by atoms with E-state index in [4.69, 9.17) is 10.5 Å². The van der Waals surface area contributed by atoms with Gasteiger partial charge in [0.25, 0.3) is 0 Å². The summed E-state index contributed by atoms with van der Waals surface area (Å²) in [5, 5.41) is 0. The molecule has 2 N–H and O–H groups in total. The van der Waals surface area contributed by atoms with Crippen LogP contribution >= 0.6 is 0 Å². The van der Waals surface area contributed by atoms with E-state index in [0.717, 1.165) is 19.8 Å². The van der Waals surface area contributed by atoms with Crippen molar-refractivity contribution in [3.8, 4) is 0 Å². The van der Waals surface area contributed by atoms with Gasteiger partial charge in [0.15, 0.2) is 0 Å². The van der Waals surface area contributed by atoms with Crippen LogP contribution in [0.2, 0.25) is 0 Å². The molecule has 84 valence electrons. The summed E-state index contributed by atoms with van der Waals surface area (Å²) < 4.78 is 5.47. The highest BCUT2D eigenvalue weighted by atomic mass is 16.5. The van der Waals surface area contributed by atoms with Crippen molar-refractivity contribution in [1.29, 1.82) is 0 Å². The zero-order valence-corrected chi connectivity index (χ0v) is 9.70. The first-order valence-corrected chi connectivity index (χ1v) is 5.65. The summed E-state index contributed by atoms with van der Waals surface area (Å²) in [5.41, 5.74) is 5.87. The molecule has 1 aliphatic heterocycles. The molecular formula is C11H24N2O. The standard InChI is InChI=1S/C11H24N2O/c1-9(12)10(2)13(3)7-11-5-4-6-14-8-11/h9-11H,4-8,12H2,1-3H3. The molecule has 1 saturated heterocycles. The zero-order chi connectivity index (χ0) is 10.6. The van der Waals surface area contributed by atoms with Crippen molar-refractivity contribution < 1.29 is 4.74 Å². The molecule has 0 aliphatic carbocycles. The second-order valence-electron chi connectivity index (χ2n) is 4.62. The molecule has 1 fully saturated rings. The minimum absolute atomic E-state index is 0.240. The molecule has 3 atom stereocenters. The molecule has 0 bridgehead atoms. The molecule has 1 aliphatic rings. The van der Waals surface area contributed by atoms with Gasteiger partial charge in [-0.3, -0.25) is 0 Å². The molecule has 0 saturated carbocycles. The summed E-state index contributed by atoms with van der Waals surface area (Å²) >= 11 is 0. The van der Waals surface area contributed by atoms with Crippen molar-refractivity contribution in [3.63, 3.8) is 0 Å². The maximum Gasteiger partial charge on any atom is 0.0506 e. The lowest BCUT2D eigenvalue weighted by Gasteiger charge is -2.32. The van der Waals surface area contributed by atoms with E-state index in [2.05, 4.69) is 25.8 Å². The van der Waals surface area contributed by atoms with Crippen LogP contribution < -0.4 is 5.73 Å². The molecule has 0 aromatic heterocycles. The maximum atomic E-state index is 5.87. The predicted molar refractivity (Wildman–Crippen MR) is 59.3 cm³/mol. The Kier molecular flexibility index (Phi) is 4.85. The quantitative estimate of drug-likeness (QED) is 0.738. The first-order valence-electron chi connectivity index (χ1n) is 5.65. The monoisotopic (exact) mass is 200 g/mol. The van der Waals surface area contributed by atoms with Crippen LogP contribution in [0.1, 0.15) is 26.7 Å². The second-order valence-corrected chi connectivity index (χ2v) is 4.62. The normalized spacial score (nSPS) is 27.6. The molecule has 1 heterocycles. The van der Waals surface area contributed by atoms with Gasteiger partial charge in [-0.05, 0) is 39.7 Å². The number of ether oxygens (including phenoxy) is 1. The lowest BCUT2D eigenvalue weighted by molar-refractivity contribution is 0.0360. The topological polar surface area (TPSA) is 38.5 Å². The summed E-state index contributed by atoms with van der Waals surface area (Å²) in [7, 11) is 2.16. The van der Waals surface area contributed by atoms with Crippen molar-refractivity contribution in [1.82, 2.24) is 4.90 Å². The Hall–Kier alpha value is -0.120. The Morgan fingerprint density at radius 1 is 1.50 bits per heavy atom. The third-order valence-corrected chi connectivity index (χ3v) is 3.26. The van der Waals surface area contributed by atoms with E-state index >= 15 is 0 Å². The molecule has 0 spiro atoms. The van der Waals surface area contributed by atoms with Gasteiger partial charge in [0.1, 0.15) is 0 Å². The second kappa shape index (κ2) is 5.69. The van der Waals surface area contributed by atoms with E-state index in [1.807, 2.05) is 0 Å². The first-order chi connectivity index (χ1) is 6.61. The number of nitrogens with two attached hydrogens (primary N) is 1. The Balaban J connectivity index is 2.27. The van der Waals surface area contributed by atoms with Gasteiger partial charge in [0.2, 0.25) is 0 Å². The third-order valence-electron chi connectivity index (χ3n) is 3.26. The van der Waals surface area contributed by atoms with Gasteiger partial charge in [-0.15, -0.1) is 0 Å². The lowest BCUT2D eigenvalue weighted by Crippen LogP contribution is -2.45. The zero-order valence-electron chi connectivity index (χ0n) is 9.70. The molecule has 0 aromatic rings. The predicted octanol–water partition coefficient (Wildman–Crippen LogP) is 1.08. The Labute approximate surface area is 87.6 Å². The molecular weight excluding hydrogens is 176 g/mol. The summed E-state index contributed by atoms with van der Waals surface area (Å²) in [6.07, 6.45) is 2.51. The van der Waals surface area contributed by atoms with Gasteiger partial charge in [0, 0.05) is 25.2 Å². The van der Waals surface area contributed by atoms with Crippen molar-refractivity contribution in [2.24, 2.45) is 11.7 Å². The van der Waals surface area contributed by atoms with Crippen LogP contribution in [-0.2, 0) is 4.74 Å². The molecule has 0 amide bonds. The molecule has 14 heavy (non-hydrogen) atoms. The van der Waals surface area contributed by atoms with Crippen LogP contribution in [0.5, 0.6) is 0 Å². The van der Waals surface area contributed by atoms with Gasteiger partial charge in [-0.2, -0.15) is 0 Å². The Morgan fingerprint density at radius 3 is 2.71 bits per heavy atom. The molecule has 0 radical (unpaired) electrons. The van der Waals surface area contributed by atoms with Crippen LogP contribution in [0.3, 0.4) is 0 Å². The SMILES string of the molecule is CC(N)C(C)N(C)CC1CCCOC1. The van der Waals surface area contributed by atoms with Gasteiger partial charge in [-0.1, -0.05) is 0 Å². The minimum atomic E-state index is 0.240. The molecule has 3 nitrogen and oxygen atoms in total. The first kappa shape index (κ1) is 12.0. The van der Waals surface area contributed by atoms with Crippen LogP contribution in [0.4, 0.5) is 0 Å². The third kappa shape index (κ3) is 3.56. The van der Waals surface area contributed by atoms with Crippen LogP contribution in [0, 0.1) is 5.92 Å². The van der Waals surface area contributed by atoms with E-state index in [1.54, 1.807) is 0 Å². The summed E-state index contributed by atoms with van der Waals surface area (Å²) in [6, 6.07) is 0.696. The fourth-order valence-electron chi connectivity index (χ4n) is 1.93. The van der Waals surface area contributed by atoms with E-state index in [0.29, 0.717) is 12.0 Å². The van der Waals surface area contributed by atoms with Gasteiger partial charge < -0.3 is 15.4 Å². The Bertz CT molecular complexity index is 155. The van der Waals surface area contributed by atoms with E-state index in [-0.39, 0.29) is 6.04 Å². The van der Waals surface area contributed by atoms with E-state index < -0.39 is 0 Å². The highest BCUT2D eigenvalue weighted by Crippen LogP contribution is 2.15. The van der Waals surface area contributed by atoms with E-state index in [1.165, 1.54) is 12.8 Å². The van der Waals surface area contributed by atoms with Gasteiger partial charge in [-0.25, -0.2) is 0 Å². The van der Waals surface area contributed by atoms with E-state index in [9.17, 15) is 0 Å². The summed E-state index contributed by atoms with van der Waals surface area (Å²) in [6.45, 7) is 7.24. The average molecular weight is 200 g/mol. The van der Waals surface area contributed by atoms with Gasteiger partial charge in [0.05, 0.1) is 6.61 Å². The Morgan fingerprint density at radius 2 is 2.21 bits per heavy atom. The minimum Gasteiger partial charge on any atom is -0.381 e. The highest BCUT2D eigenvalue weighted by molar-refractivity contribution is 4.75. The fraction of sp³-hybridized carbons (Fsp3) is 1.00. The fourth-order valence-corrected chi connectivity index (χ4v) is 1.93. The number of nitrogens with zero attached hydrogens (tertiary/aromatic N) is 1. The average Bonchev–Trinajstić information content (AvgIpc) is 2.18. The number of hydrogen-bond donors (Lipinski definition) is 1. The van der Waals surface area contributed by atoms with Crippen molar-refractivity contribution in [2.75, 3.05) is 26.8 Å². The summed E-state index contributed by atoms with van der Waals surface area (Å²) in [5.74, 6) is 0.704. The van der Waals surface area contributed by atoms with Crippen LogP contribution in [0.15, 0.2) is 0 Å². The smallest absolute Gasteiger partial charge is 0.0506 e. The summed E-state index contributed by atoms with van der Waals surface area (Å²) in [4.78, 5) is 2.35. The van der Waals surface area contributed by atoms with Crippen molar-refractivity contribution in [2.45, 2.75) is 38.8 Å². The lowest BCUT2D eigenvalue weighted by atomic mass is 10.0. The molecule has 1 rings (SSSR count).